The van der Waals surface area contributed by atoms with Gasteiger partial charge in [-0.15, -0.1) is 0 Å². The van der Waals surface area contributed by atoms with Gasteiger partial charge in [0.25, 0.3) is 0 Å². The molecule has 114 valence electrons. The summed E-state index contributed by atoms with van der Waals surface area (Å²) in [6.45, 7) is 7.47. The van der Waals surface area contributed by atoms with Crippen molar-refractivity contribution in [1.82, 2.24) is 9.97 Å². The molecule has 1 unspecified atom stereocenters. The summed E-state index contributed by atoms with van der Waals surface area (Å²) in [5, 5.41) is 7.98. The van der Waals surface area contributed by atoms with Crippen molar-refractivity contribution >= 4 is 22.7 Å². The highest BCUT2D eigenvalue weighted by molar-refractivity contribution is 5.90. The van der Waals surface area contributed by atoms with Gasteiger partial charge in [-0.3, -0.25) is 0 Å². The van der Waals surface area contributed by atoms with E-state index in [1.165, 1.54) is 6.42 Å². The average Bonchev–Trinajstić information content (AvgIpc) is 2.52. The SMILES string of the molecule is CCCNc1nc(NC(CC)CCC)c2ccccc2n1. The van der Waals surface area contributed by atoms with Gasteiger partial charge in [0, 0.05) is 18.0 Å². The van der Waals surface area contributed by atoms with Crippen molar-refractivity contribution in [3.05, 3.63) is 24.3 Å². The Bertz CT molecular complexity index is 568. The molecule has 0 amide bonds. The Labute approximate surface area is 127 Å². The van der Waals surface area contributed by atoms with Gasteiger partial charge in [0.15, 0.2) is 0 Å². The Morgan fingerprint density at radius 2 is 1.86 bits per heavy atom. The smallest absolute Gasteiger partial charge is 0.225 e. The maximum absolute atomic E-state index is 4.68. The van der Waals surface area contributed by atoms with E-state index in [9.17, 15) is 0 Å². The van der Waals surface area contributed by atoms with E-state index in [-0.39, 0.29) is 0 Å². The summed E-state index contributed by atoms with van der Waals surface area (Å²) in [5.41, 5.74) is 0.986. The molecule has 4 nitrogen and oxygen atoms in total. The fraction of sp³-hybridized carbons (Fsp3) is 0.529. The van der Waals surface area contributed by atoms with E-state index < -0.39 is 0 Å². The van der Waals surface area contributed by atoms with Gasteiger partial charge in [-0.05, 0) is 31.4 Å². The highest BCUT2D eigenvalue weighted by Gasteiger charge is 2.11. The van der Waals surface area contributed by atoms with E-state index >= 15 is 0 Å². The van der Waals surface area contributed by atoms with E-state index in [4.69, 9.17) is 0 Å². The van der Waals surface area contributed by atoms with Gasteiger partial charge in [-0.2, -0.15) is 4.98 Å². The zero-order chi connectivity index (χ0) is 15.1. The van der Waals surface area contributed by atoms with Gasteiger partial charge in [-0.1, -0.05) is 39.3 Å². The Hall–Kier alpha value is -1.84. The van der Waals surface area contributed by atoms with E-state index in [0.29, 0.717) is 12.0 Å². The van der Waals surface area contributed by atoms with Gasteiger partial charge in [0.2, 0.25) is 5.95 Å². The van der Waals surface area contributed by atoms with Crippen molar-refractivity contribution in [2.75, 3.05) is 17.2 Å². The minimum absolute atomic E-state index is 0.465. The van der Waals surface area contributed by atoms with Crippen LogP contribution < -0.4 is 10.6 Å². The molecule has 4 heteroatoms. The zero-order valence-electron chi connectivity index (χ0n) is 13.3. The summed E-state index contributed by atoms with van der Waals surface area (Å²) >= 11 is 0. The Balaban J connectivity index is 2.34. The number of para-hydroxylation sites is 1. The van der Waals surface area contributed by atoms with Crippen LogP contribution >= 0.6 is 0 Å². The topological polar surface area (TPSA) is 49.8 Å². The van der Waals surface area contributed by atoms with Gasteiger partial charge < -0.3 is 10.6 Å². The molecule has 1 aromatic carbocycles. The Kier molecular flexibility index (Phi) is 5.78. The lowest BCUT2D eigenvalue weighted by Gasteiger charge is -2.18. The summed E-state index contributed by atoms with van der Waals surface area (Å²) in [4.78, 5) is 9.27. The van der Waals surface area contributed by atoms with Crippen molar-refractivity contribution in [3.8, 4) is 0 Å². The molecule has 2 N–H and O–H groups in total. The third-order valence-corrected chi connectivity index (χ3v) is 3.61. The van der Waals surface area contributed by atoms with Crippen LogP contribution in [0.5, 0.6) is 0 Å². The number of fused-ring (bicyclic) bond motifs is 1. The van der Waals surface area contributed by atoms with Gasteiger partial charge in [-0.25, -0.2) is 4.98 Å². The molecule has 1 heterocycles. The average molecular weight is 286 g/mol. The van der Waals surface area contributed by atoms with Crippen LogP contribution in [0.25, 0.3) is 10.9 Å². The van der Waals surface area contributed by atoms with Crippen LogP contribution in [-0.4, -0.2) is 22.6 Å². The molecule has 0 saturated carbocycles. The van der Waals surface area contributed by atoms with Crippen LogP contribution in [0.2, 0.25) is 0 Å². The largest absolute Gasteiger partial charge is 0.367 e. The fourth-order valence-corrected chi connectivity index (χ4v) is 2.42. The molecule has 2 rings (SSSR count). The van der Waals surface area contributed by atoms with Crippen molar-refractivity contribution in [2.45, 2.75) is 52.5 Å². The lowest BCUT2D eigenvalue weighted by molar-refractivity contribution is 0.621. The molecule has 0 aliphatic rings. The number of rotatable bonds is 8. The number of aromatic nitrogens is 2. The third-order valence-electron chi connectivity index (χ3n) is 3.61. The van der Waals surface area contributed by atoms with Crippen LogP contribution in [-0.2, 0) is 0 Å². The molecule has 0 aliphatic heterocycles. The summed E-state index contributed by atoms with van der Waals surface area (Å²) < 4.78 is 0. The van der Waals surface area contributed by atoms with E-state index in [2.05, 4.69) is 47.4 Å². The van der Waals surface area contributed by atoms with Crippen LogP contribution in [0.4, 0.5) is 11.8 Å². The number of nitrogens with zero attached hydrogens (tertiary/aromatic N) is 2. The second kappa shape index (κ2) is 7.81. The molecule has 0 fully saturated rings. The van der Waals surface area contributed by atoms with E-state index in [0.717, 1.165) is 42.5 Å². The first kappa shape index (κ1) is 15.5. The van der Waals surface area contributed by atoms with Crippen molar-refractivity contribution in [1.29, 1.82) is 0 Å². The molecular formula is C17H26N4. The monoisotopic (exact) mass is 286 g/mol. The normalized spacial score (nSPS) is 12.3. The summed E-state index contributed by atoms with van der Waals surface area (Å²) in [5.74, 6) is 1.66. The fourth-order valence-electron chi connectivity index (χ4n) is 2.42. The number of benzene rings is 1. The Morgan fingerprint density at radius 1 is 1.05 bits per heavy atom. The molecule has 0 spiro atoms. The van der Waals surface area contributed by atoms with Crippen LogP contribution in [0.3, 0.4) is 0 Å². The molecule has 1 aromatic heterocycles. The van der Waals surface area contributed by atoms with Crippen LogP contribution in [0.15, 0.2) is 24.3 Å². The van der Waals surface area contributed by atoms with E-state index in [1.54, 1.807) is 0 Å². The maximum Gasteiger partial charge on any atom is 0.225 e. The molecule has 2 aromatic rings. The number of hydrogen-bond acceptors (Lipinski definition) is 4. The van der Waals surface area contributed by atoms with Gasteiger partial charge >= 0.3 is 0 Å². The van der Waals surface area contributed by atoms with E-state index in [1.807, 2.05) is 18.2 Å². The number of anilines is 2. The number of hydrogen-bond donors (Lipinski definition) is 2. The van der Waals surface area contributed by atoms with Crippen molar-refractivity contribution < 1.29 is 0 Å². The maximum atomic E-state index is 4.68. The summed E-state index contributed by atoms with van der Waals surface area (Å²) in [7, 11) is 0. The van der Waals surface area contributed by atoms with Crippen molar-refractivity contribution in [3.63, 3.8) is 0 Å². The minimum atomic E-state index is 0.465. The highest BCUT2D eigenvalue weighted by Crippen LogP contribution is 2.23. The lowest BCUT2D eigenvalue weighted by Crippen LogP contribution is -2.19. The van der Waals surface area contributed by atoms with Crippen LogP contribution in [0, 0.1) is 0 Å². The number of nitrogens with one attached hydrogen (secondary N) is 2. The van der Waals surface area contributed by atoms with Crippen molar-refractivity contribution in [2.24, 2.45) is 0 Å². The minimum Gasteiger partial charge on any atom is -0.367 e. The molecule has 21 heavy (non-hydrogen) atoms. The third kappa shape index (κ3) is 4.06. The predicted molar refractivity (Wildman–Crippen MR) is 90.9 cm³/mol. The molecule has 0 aliphatic carbocycles. The van der Waals surface area contributed by atoms with Gasteiger partial charge in [0.1, 0.15) is 5.82 Å². The molecule has 0 radical (unpaired) electrons. The molecule has 0 saturated heterocycles. The molecule has 0 bridgehead atoms. The molecular weight excluding hydrogens is 260 g/mol. The second-order valence-electron chi connectivity index (χ2n) is 5.38. The quantitative estimate of drug-likeness (QED) is 0.753. The predicted octanol–water partition coefficient (Wildman–Crippen LogP) is 4.44. The Morgan fingerprint density at radius 3 is 2.57 bits per heavy atom. The van der Waals surface area contributed by atoms with Gasteiger partial charge in [0.05, 0.1) is 5.52 Å². The lowest BCUT2D eigenvalue weighted by atomic mass is 10.1. The first-order valence-corrected chi connectivity index (χ1v) is 8.05. The highest BCUT2D eigenvalue weighted by atomic mass is 15.1. The zero-order valence-corrected chi connectivity index (χ0v) is 13.3. The first-order valence-electron chi connectivity index (χ1n) is 8.05. The molecule has 1 atom stereocenters. The first-order chi connectivity index (χ1) is 10.3. The van der Waals surface area contributed by atoms with Crippen LogP contribution in [0.1, 0.15) is 46.5 Å². The second-order valence-corrected chi connectivity index (χ2v) is 5.38. The summed E-state index contributed by atoms with van der Waals surface area (Å²) in [6.07, 6.45) is 4.50. The summed E-state index contributed by atoms with van der Waals surface area (Å²) in [6, 6.07) is 8.65. The standard InChI is InChI=1S/C17H26N4/c1-4-9-13(6-3)19-16-14-10-7-8-11-15(14)20-17(21-16)18-12-5-2/h7-8,10-11,13H,4-6,9,12H2,1-3H3,(H2,18,19,20,21).